The van der Waals surface area contributed by atoms with Gasteiger partial charge in [0.25, 0.3) is 5.69 Å². The van der Waals surface area contributed by atoms with Gasteiger partial charge in [-0.1, -0.05) is 42.2 Å². The number of anilines is 1. The van der Waals surface area contributed by atoms with Crippen LogP contribution in [-0.2, 0) is 11.3 Å². The molecule has 25 heavy (non-hydrogen) atoms. The maximum Gasteiger partial charge on any atom is 0.407 e. The maximum absolute atomic E-state index is 11.5. The lowest BCUT2D eigenvalue weighted by molar-refractivity contribution is -0.383. The first-order valence-corrected chi connectivity index (χ1v) is 7.53. The third kappa shape index (κ3) is 5.88. The van der Waals surface area contributed by atoms with E-state index in [-0.39, 0.29) is 18.0 Å². The van der Waals surface area contributed by atoms with E-state index in [0.29, 0.717) is 18.5 Å². The molecule has 0 saturated carbocycles. The fourth-order valence-electron chi connectivity index (χ4n) is 1.96. The Bertz CT molecular complexity index is 810. The molecule has 128 valence electrons. The van der Waals surface area contributed by atoms with E-state index in [9.17, 15) is 14.9 Å². The number of nitro benzene ring substituents is 1. The molecular weight excluding hydrogens is 322 g/mol. The molecule has 0 spiro atoms. The first-order chi connectivity index (χ1) is 12.1. The number of nitrogens with one attached hydrogen (secondary N) is 1. The van der Waals surface area contributed by atoms with Gasteiger partial charge < -0.3 is 15.8 Å². The molecule has 3 N–H and O–H groups in total. The standard InChI is InChI=1S/C18H17N3O4/c19-16-12-14(9-10-17(16)21(23)24)6-4-5-11-20-18(22)25-13-15-7-2-1-3-8-15/h1-3,7-10,12H,5,11,13,19H2,(H,20,22). The molecule has 0 aliphatic heterocycles. The summed E-state index contributed by atoms with van der Waals surface area (Å²) in [4.78, 5) is 21.7. The predicted molar refractivity (Wildman–Crippen MR) is 93.6 cm³/mol. The van der Waals surface area contributed by atoms with E-state index in [1.807, 2.05) is 30.3 Å². The van der Waals surface area contributed by atoms with E-state index in [2.05, 4.69) is 17.2 Å². The zero-order valence-corrected chi connectivity index (χ0v) is 13.4. The number of nitrogen functional groups attached to an aromatic ring is 1. The molecule has 0 aliphatic rings. The summed E-state index contributed by atoms with van der Waals surface area (Å²) < 4.78 is 5.07. The van der Waals surface area contributed by atoms with Crippen molar-refractivity contribution in [2.75, 3.05) is 12.3 Å². The summed E-state index contributed by atoms with van der Waals surface area (Å²) in [5.41, 5.74) is 7.00. The second kappa shape index (κ2) is 8.93. The number of hydrogen-bond acceptors (Lipinski definition) is 5. The van der Waals surface area contributed by atoms with Crippen LogP contribution in [-0.4, -0.2) is 17.6 Å². The maximum atomic E-state index is 11.5. The molecule has 0 saturated heterocycles. The van der Waals surface area contributed by atoms with Crippen molar-refractivity contribution in [3.63, 3.8) is 0 Å². The van der Waals surface area contributed by atoms with Gasteiger partial charge in [-0.3, -0.25) is 10.1 Å². The van der Waals surface area contributed by atoms with E-state index in [4.69, 9.17) is 10.5 Å². The van der Waals surface area contributed by atoms with Crippen molar-refractivity contribution < 1.29 is 14.5 Å². The number of nitrogens with two attached hydrogens (primary N) is 1. The summed E-state index contributed by atoms with van der Waals surface area (Å²) in [7, 11) is 0. The third-order valence-electron chi connectivity index (χ3n) is 3.19. The number of benzene rings is 2. The van der Waals surface area contributed by atoms with Crippen LogP contribution in [0.2, 0.25) is 0 Å². The quantitative estimate of drug-likeness (QED) is 0.286. The van der Waals surface area contributed by atoms with E-state index < -0.39 is 11.0 Å². The van der Waals surface area contributed by atoms with Crippen LogP contribution in [0.3, 0.4) is 0 Å². The highest BCUT2D eigenvalue weighted by atomic mass is 16.6. The van der Waals surface area contributed by atoms with Crippen LogP contribution in [0.4, 0.5) is 16.2 Å². The lowest BCUT2D eigenvalue weighted by Gasteiger charge is -2.05. The number of ether oxygens (including phenoxy) is 1. The Labute approximate surface area is 144 Å². The Morgan fingerprint density at radius 1 is 1.24 bits per heavy atom. The first-order valence-electron chi connectivity index (χ1n) is 7.53. The molecule has 0 aliphatic carbocycles. The number of rotatable bonds is 5. The summed E-state index contributed by atoms with van der Waals surface area (Å²) in [6, 6.07) is 13.7. The average Bonchev–Trinajstić information content (AvgIpc) is 2.60. The molecule has 0 radical (unpaired) electrons. The lowest BCUT2D eigenvalue weighted by atomic mass is 10.2. The number of amides is 1. The number of nitro groups is 1. The predicted octanol–water partition coefficient (Wildman–Crippen LogP) is 2.85. The second-order valence-corrected chi connectivity index (χ2v) is 5.07. The number of carbonyl (C=O) groups excluding carboxylic acids is 1. The Morgan fingerprint density at radius 2 is 2.00 bits per heavy atom. The van der Waals surface area contributed by atoms with Gasteiger partial charge in [0.1, 0.15) is 12.3 Å². The van der Waals surface area contributed by atoms with E-state index in [1.165, 1.54) is 18.2 Å². The highest BCUT2D eigenvalue weighted by Crippen LogP contribution is 2.21. The number of nitrogens with zero attached hydrogens (tertiary/aromatic N) is 1. The molecule has 0 atom stereocenters. The fourth-order valence-corrected chi connectivity index (χ4v) is 1.96. The monoisotopic (exact) mass is 339 g/mol. The van der Waals surface area contributed by atoms with E-state index in [1.54, 1.807) is 0 Å². The molecule has 2 rings (SSSR count). The van der Waals surface area contributed by atoms with Gasteiger partial charge >= 0.3 is 6.09 Å². The summed E-state index contributed by atoms with van der Waals surface area (Å²) >= 11 is 0. The Kier molecular flexibility index (Phi) is 6.37. The van der Waals surface area contributed by atoms with Crippen molar-refractivity contribution in [1.29, 1.82) is 0 Å². The molecule has 2 aromatic carbocycles. The molecule has 0 fully saturated rings. The van der Waals surface area contributed by atoms with Gasteiger partial charge in [-0.15, -0.1) is 0 Å². The van der Waals surface area contributed by atoms with Gasteiger partial charge in [0.05, 0.1) is 4.92 Å². The van der Waals surface area contributed by atoms with Crippen molar-refractivity contribution in [2.24, 2.45) is 0 Å². The number of hydrogen-bond donors (Lipinski definition) is 2. The number of alkyl carbamates (subject to hydrolysis) is 1. The van der Waals surface area contributed by atoms with Crippen molar-refractivity contribution in [3.8, 4) is 11.8 Å². The third-order valence-corrected chi connectivity index (χ3v) is 3.19. The van der Waals surface area contributed by atoms with Crippen LogP contribution in [0, 0.1) is 22.0 Å². The average molecular weight is 339 g/mol. The normalized spacial score (nSPS) is 9.60. The van der Waals surface area contributed by atoms with Crippen LogP contribution < -0.4 is 11.1 Å². The topological polar surface area (TPSA) is 107 Å². The number of carbonyl (C=O) groups is 1. The minimum Gasteiger partial charge on any atom is -0.445 e. The minimum absolute atomic E-state index is 0.0689. The SMILES string of the molecule is Nc1cc(C#CCCNC(=O)OCc2ccccc2)ccc1[N+](=O)[O-]. The summed E-state index contributed by atoms with van der Waals surface area (Å²) in [5, 5.41) is 13.3. The van der Waals surface area contributed by atoms with Gasteiger partial charge in [0, 0.05) is 24.6 Å². The highest BCUT2D eigenvalue weighted by Gasteiger charge is 2.10. The summed E-state index contributed by atoms with van der Waals surface area (Å²) in [5.74, 6) is 5.70. The van der Waals surface area contributed by atoms with Crippen molar-refractivity contribution in [3.05, 3.63) is 69.8 Å². The Hall–Kier alpha value is -3.53. The lowest BCUT2D eigenvalue weighted by Crippen LogP contribution is -2.24. The highest BCUT2D eigenvalue weighted by molar-refractivity contribution is 5.67. The summed E-state index contributed by atoms with van der Waals surface area (Å²) in [6.07, 6.45) is -0.0950. The molecule has 7 nitrogen and oxygen atoms in total. The van der Waals surface area contributed by atoms with Gasteiger partial charge in [-0.2, -0.15) is 0 Å². The molecular formula is C18H17N3O4. The zero-order chi connectivity index (χ0) is 18.1. The largest absolute Gasteiger partial charge is 0.445 e. The van der Waals surface area contributed by atoms with Gasteiger partial charge in [0.2, 0.25) is 0 Å². The second-order valence-electron chi connectivity index (χ2n) is 5.07. The minimum atomic E-state index is -0.544. The smallest absolute Gasteiger partial charge is 0.407 e. The molecule has 2 aromatic rings. The van der Waals surface area contributed by atoms with Crippen molar-refractivity contribution in [1.82, 2.24) is 5.32 Å². The Balaban J connectivity index is 1.72. The molecule has 1 amide bonds. The first kappa shape index (κ1) is 17.8. The van der Waals surface area contributed by atoms with E-state index >= 15 is 0 Å². The van der Waals surface area contributed by atoms with E-state index in [0.717, 1.165) is 5.56 Å². The van der Waals surface area contributed by atoms with Crippen LogP contribution in [0.1, 0.15) is 17.5 Å². The molecule has 0 bridgehead atoms. The van der Waals surface area contributed by atoms with Crippen LogP contribution in [0.15, 0.2) is 48.5 Å². The fraction of sp³-hybridized carbons (Fsp3) is 0.167. The van der Waals surface area contributed by atoms with Crippen molar-refractivity contribution >= 4 is 17.5 Å². The van der Waals surface area contributed by atoms with Crippen LogP contribution >= 0.6 is 0 Å². The van der Waals surface area contributed by atoms with Crippen LogP contribution in [0.5, 0.6) is 0 Å². The zero-order valence-electron chi connectivity index (χ0n) is 13.4. The molecule has 0 unspecified atom stereocenters. The molecule has 0 aromatic heterocycles. The van der Waals surface area contributed by atoms with Gasteiger partial charge in [-0.05, 0) is 17.7 Å². The van der Waals surface area contributed by atoms with Crippen molar-refractivity contribution in [2.45, 2.75) is 13.0 Å². The molecule has 0 heterocycles. The Morgan fingerprint density at radius 3 is 2.68 bits per heavy atom. The summed E-state index contributed by atoms with van der Waals surface area (Å²) in [6.45, 7) is 0.545. The molecule has 7 heteroatoms. The van der Waals surface area contributed by atoms with Gasteiger partial charge in [0.15, 0.2) is 0 Å². The van der Waals surface area contributed by atoms with Crippen LogP contribution in [0.25, 0.3) is 0 Å². The van der Waals surface area contributed by atoms with Gasteiger partial charge in [-0.25, -0.2) is 4.79 Å².